The molecule has 140 valence electrons. The highest BCUT2D eigenvalue weighted by molar-refractivity contribution is 8.00. The van der Waals surface area contributed by atoms with Gasteiger partial charge < -0.3 is 5.32 Å². The van der Waals surface area contributed by atoms with Gasteiger partial charge in [-0.3, -0.25) is 9.52 Å². The maximum atomic E-state index is 12.2. The normalized spacial score (nSPS) is 12.3. The van der Waals surface area contributed by atoms with E-state index >= 15 is 0 Å². The molecule has 1 aromatic carbocycles. The van der Waals surface area contributed by atoms with Gasteiger partial charge in [0.1, 0.15) is 10.0 Å². The first kappa shape index (κ1) is 19.4. The summed E-state index contributed by atoms with van der Waals surface area (Å²) in [6.07, 6.45) is 1.61. The number of aromatic nitrogens is 1. The quantitative estimate of drug-likeness (QED) is 0.564. The topological polar surface area (TPSA) is 88.2 Å². The Labute approximate surface area is 166 Å². The fraction of sp³-hybridized carbons (Fsp3) is 0.111. The minimum Gasteiger partial charge on any atom is -0.310 e. The average Bonchev–Trinajstić information content (AvgIpc) is 3.20. The number of thiophene rings is 1. The standard InChI is InChI=1S/C18H17N3O3S3/c1-13(18(22)20-16-5-2-3-11-19-16)26-15-9-7-14(8-10-15)21-27(23,24)17-6-4-12-25-17/h2-13,21H,1H3,(H,19,20,22). The zero-order valence-electron chi connectivity index (χ0n) is 14.3. The molecule has 0 spiro atoms. The second-order valence-electron chi connectivity index (χ2n) is 5.53. The zero-order chi connectivity index (χ0) is 19.3. The Morgan fingerprint density at radius 2 is 1.89 bits per heavy atom. The van der Waals surface area contributed by atoms with Crippen molar-refractivity contribution in [1.29, 1.82) is 0 Å². The van der Waals surface area contributed by atoms with Crippen molar-refractivity contribution in [2.24, 2.45) is 0 Å². The number of thioether (sulfide) groups is 1. The summed E-state index contributed by atoms with van der Waals surface area (Å²) in [5, 5.41) is 4.14. The Bertz CT molecular complexity index is 989. The molecule has 0 saturated heterocycles. The third kappa shape index (κ3) is 5.31. The second-order valence-corrected chi connectivity index (χ2v) is 9.80. The van der Waals surface area contributed by atoms with E-state index in [0.717, 1.165) is 16.2 Å². The molecule has 0 aliphatic heterocycles. The summed E-state index contributed by atoms with van der Waals surface area (Å²) >= 11 is 2.54. The first-order valence-electron chi connectivity index (χ1n) is 7.99. The Balaban J connectivity index is 1.59. The van der Waals surface area contributed by atoms with Gasteiger partial charge in [-0.05, 0) is 54.8 Å². The molecule has 0 aliphatic rings. The minimum atomic E-state index is -3.56. The highest BCUT2D eigenvalue weighted by atomic mass is 32.2. The average molecular weight is 420 g/mol. The number of carbonyl (C=O) groups is 1. The van der Waals surface area contributed by atoms with Crippen LogP contribution in [-0.4, -0.2) is 24.6 Å². The van der Waals surface area contributed by atoms with Gasteiger partial charge in [-0.1, -0.05) is 12.1 Å². The van der Waals surface area contributed by atoms with Crippen molar-refractivity contribution >= 4 is 50.5 Å². The van der Waals surface area contributed by atoms with E-state index in [2.05, 4.69) is 15.0 Å². The number of amides is 1. The van der Waals surface area contributed by atoms with Crippen molar-refractivity contribution in [3.05, 3.63) is 66.2 Å². The molecule has 9 heteroatoms. The van der Waals surface area contributed by atoms with Crippen molar-refractivity contribution in [3.8, 4) is 0 Å². The number of carbonyl (C=O) groups excluding carboxylic acids is 1. The molecule has 3 aromatic rings. The van der Waals surface area contributed by atoms with Gasteiger partial charge >= 0.3 is 0 Å². The molecule has 1 amide bonds. The van der Waals surface area contributed by atoms with Crippen molar-refractivity contribution < 1.29 is 13.2 Å². The number of anilines is 2. The Morgan fingerprint density at radius 1 is 1.11 bits per heavy atom. The van der Waals surface area contributed by atoms with Gasteiger partial charge in [0.2, 0.25) is 5.91 Å². The maximum Gasteiger partial charge on any atom is 0.271 e. The van der Waals surface area contributed by atoms with Crippen molar-refractivity contribution in [2.45, 2.75) is 21.3 Å². The molecule has 1 atom stereocenters. The minimum absolute atomic E-state index is 0.152. The zero-order valence-corrected chi connectivity index (χ0v) is 16.8. The van der Waals surface area contributed by atoms with Crippen LogP contribution < -0.4 is 10.0 Å². The van der Waals surface area contributed by atoms with Crippen molar-refractivity contribution in [3.63, 3.8) is 0 Å². The summed E-state index contributed by atoms with van der Waals surface area (Å²) in [6, 6.07) is 15.5. The number of sulfonamides is 1. The second kappa shape index (κ2) is 8.55. The van der Waals surface area contributed by atoms with Crippen LogP contribution in [0.5, 0.6) is 0 Å². The van der Waals surface area contributed by atoms with Crippen molar-refractivity contribution in [2.75, 3.05) is 10.0 Å². The smallest absolute Gasteiger partial charge is 0.271 e. The van der Waals surface area contributed by atoms with Gasteiger partial charge in [-0.15, -0.1) is 23.1 Å². The lowest BCUT2D eigenvalue weighted by Gasteiger charge is -2.12. The first-order chi connectivity index (χ1) is 12.9. The number of hydrogen-bond acceptors (Lipinski definition) is 6. The number of hydrogen-bond donors (Lipinski definition) is 2. The van der Waals surface area contributed by atoms with Crippen LogP contribution in [-0.2, 0) is 14.8 Å². The van der Waals surface area contributed by atoms with Gasteiger partial charge in [0, 0.05) is 16.8 Å². The molecular weight excluding hydrogens is 402 g/mol. The van der Waals surface area contributed by atoms with Gasteiger partial charge in [0.15, 0.2) is 0 Å². The van der Waals surface area contributed by atoms with E-state index in [-0.39, 0.29) is 15.4 Å². The fourth-order valence-corrected chi connectivity index (χ4v) is 5.06. The third-order valence-corrected chi connectivity index (χ3v) is 7.36. The summed E-state index contributed by atoms with van der Waals surface area (Å²) in [5.41, 5.74) is 0.471. The number of nitrogens with one attached hydrogen (secondary N) is 2. The SMILES string of the molecule is CC(Sc1ccc(NS(=O)(=O)c2cccs2)cc1)C(=O)Nc1ccccn1. The van der Waals surface area contributed by atoms with E-state index in [4.69, 9.17) is 0 Å². The van der Waals surface area contributed by atoms with E-state index in [1.807, 2.05) is 0 Å². The molecule has 3 rings (SSSR count). The van der Waals surface area contributed by atoms with Crippen LogP contribution in [0, 0.1) is 0 Å². The Kier molecular flexibility index (Phi) is 6.15. The molecule has 0 fully saturated rings. The van der Waals surface area contributed by atoms with Crippen LogP contribution in [0.2, 0.25) is 0 Å². The highest BCUT2D eigenvalue weighted by Crippen LogP contribution is 2.27. The molecule has 0 aliphatic carbocycles. The van der Waals surface area contributed by atoms with Crippen LogP contribution >= 0.6 is 23.1 Å². The van der Waals surface area contributed by atoms with Crippen LogP contribution in [0.25, 0.3) is 0 Å². The summed E-state index contributed by atoms with van der Waals surface area (Å²) in [7, 11) is -3.56. The lowest BCUT2D eigenvalue weighted by atomic mass is 10.3. The number of nitrogens with zero attached hydrogens (tertiary/aromatic N) is 1. The van der Waals surface area contributed by atoms with Crippen LogP contribution in [0.4, 0.5) is 11.5 Å². The van der Waals surface area contributed by atoms with Crippen molar-refractivity contribution in [1.82, 2.24) is 4.98 Å². The Hall–Kier alpha value is -2.36. The van der Waals surface area contributed by atoms with E-state index < -0.39 is 10.0 Å². The summed E-state index contributed by atoms with van der Waals surface area (Å²) in [4.78, 5) is 17.2. The van der Waals surface area contributed by atoms with Gasteiger partial charge in [-0.25, -0.2) is 13.4 Å². The fourth-order valence-electron chi connectivity index (χ4n) is 2.15. The van der Waals surface area contributed by atoms with E-state index in [9.17, 15) is 13.2 Å². The number of rotatable bonds is 7. The predicted molar refractivity (Wildman–Crippen MR) is 110 cm³/mol. The highest BCUT2D eigenvalue weighted by Gasteiger charge is 2.17. The predicted octanol–water partition coefficient (Wildman–Crippen LogP) is 4.06. The van der Waals surface area contributed by atoms with Crippen LogP contribution in [0.15, 0.2) is 75.3 Å². The lowest BCUT2D eigenvalue weighted by molar-refractivity contribution is -0.115. The van der Waals surface area contributed by atoms with Crippen LogP contribution in [0.3, 0.4) is 0 Å². The molecule has 2 N–H and O–H groups in total. The van der Waals surface area contributed by atoms with Gasteiger partial charge in [0.25, 0.3) is 10.0 Å². The molecule has 2 heterocycles. The molecule has 0 radical (unpaired) electrons. The molecule has 6 nitrogen and oxygen atoms in total. The molecular formula is C18H17N3O3S3. The molecule has 1 unspecified atom stereocenters. The summed E-state index contributed by atoms with van der Waals surface area (Å²) in [6.45, 7) is 1.80. The largest absolute Gasteiger partial charge is 0.310 e. The summed E-state index contributed by atoms with van der Waals surface area (Å²) < 4.78 is 27.3. The number of benzene rings is 1. The molecule has 0 bridgehead atoms. The van der Waals surface area contributed by atoms with Gasteiger partial charge in [0.05, 0.1) is 5.25 Å². The van der Waals surface area contributed by atoms with Gasteiger partial charge in [-0.2, -0.15) is 0 Å². The monoisotopic (exact) mass is 419 g/mol. The molecule has 0 saturated carbocycles. The van der Waals surface area contributed by atoms with E-state index in [1.54, 1.807) is 73.1 Å². The molecule has 27 heavy (non-hydrogen) atoms. The maximum absolute atomic E-state index is 12.2. The van der Waals surface area contributed by atoms with E-state index in [0.29, 0.717) is 11.5 Å². The van der Waals surface area contributed by atoms with E-state index in [1.165, 1.54) is 11.8 Å². The summed E-state index contributed by atoms with van der Waals surface area (Å²) in [5.74, 6) is 0.356. The lowest BCUT2D eigenvalue weighted by Crippen LogP contribution is -2.22. The number of pyridine rings is 1. The third-order valence-electron chi connectivity index (χ3n) is 3.46. The first-order valence-corrected chi connectivity index (χ1v) is 11.2. The Morgan fingerprint density at radius 3 is 2.52 bits per heavy atom. The molecule has 2 aromatic heterocycles. The van der Waals surface area contributed by atoms with Crippen LogP contribution in [0.1, 0.15) is 6.92 Å².